The molecule has 0 N–H and O–H groups in total. The van der Waals surface area contributed by atoms with E-state index in [1.807, 2.05) is 0 Å². The van der Waals surface area contributed by atoms with E-state index in [1.165, 1.54) is 18.3 Å². The first-order chi connectivity index (χ1) is 17.9. The Morgan fingerprint density at radius 3 is 2.08 bits per heavy atom. The molecular weight excluding hydrogens is 534 g/mol. The summed E-state index contributed by atoms with van der Waals surface area (Å²) in [4.78, 5) is 40.3. The first-order valence-electron chi connectivity index (χ1n) is 12.1. The number of nitro groups is 1. The Labute approximate surface area is 226 Å². The van der Waals surface area contributed by atoms with Crippen molar-refractivity contribution in [1.29, 1.82) is 0 Å². The fourth-order valence-electron chi connectivity index (χ4n) is 3.51. The van der Waals surface area contributed by atoms with E-state index in [4.69, 9.17) is 18.4 Å². The molecule has 0 amide bonds. The molecule has 0 bridgehead atoms. The van der Waals surface area contributed by atoms with Crippen molar-refractivity contribution in [2.45, 2.75) is 77.9 Å². The minimum Gasteiger partial charge on any atom is -0.455 e. The molecule has 0 aliphatic carbocycles. The van der Waals surface area contributed by atoms with E-state index in [0.29, 0.717) is 0 Å². The van der Waals surface area contributed by atoms with Gasteiger partial charge >= 0.3 is 17.9 Å². The van der Waals surface area contributed by atoms with Crippen LogP contribution in [-0.4, -0.2) is 59.7 Å². The number of carbonyl (C=O) groups is 2. The van der Waals surface area contributed by atoms with Gasteiger partial charge in [-0.3, -0.25) is 13.8 Å². The number of hydrogen-bond donors (Lipinski definition) is 0. The molecule has 0 saturated carbocycles. The van der Waals surface area contributed by atoms with Gasteiger partial charge in [-0.15, -0.1) is 0 Å². The summed E-state index contributed by atoms with van der Waals surface area (Å²) in [7, 11) is -4.26. The zero-order chi connectivity index (χ0) is 29.3. The molecule has 1 saturated heterocycles. The maximum absolute atomic E-state index is 12.9. The number of aryl methyl sites for hydroxylation is 1. The molecule has 4 atom stereocenters. The largest absolute Gasteiger partial charge is 0.455 e. The Kier molecular flexibility index (Phi) is 8.53. The van der Waals surface area contributed by atoms with Gasteiger partial charge in [0.15, 0.2) is 12.2 Å². The molecule has 39 heavy (non-hydrogen) atoms. The van der Waals surface area contributed by atoms with Crippen molar-refractivity contribution in [3.63, 3.8) is 0 Å². The van der Waals surface area contributed by atoms with Crippen molar-refractivity contribution >= 4 is 28.0 Å². The second-order valence-corrected chi connectivity index (χ2v) is 12.9. The van der Waals surface area contributed by atoms with E-state index in [-0.39, 0.29) is 4.90 Å². The number of imidazole rings is 1. The summed E-state index contributed by atoms with van der Waals surface area (Å²) in [5.41, 5.74) is -1.14. The molecular formula is C25H33N3O10S. The molecule has 2 heterocycles. The lowest BCUT2D eigenvalue weighted by molar-refractivity contribution is -0.398. The van der Waals surface area contributed by atoms with Crippen LogP contribution in [0.25, 0.3) is 0 Å². The number of rotatable bonds is 8. The molecule has 1 aliphatic heterocycles. The Morgan fingerprint density at radius 2 is 1.56 bits per heavy atom. The second kappa shape index (κ2) is 11.0. The summed E-state index contributed by atoms with van der Waals surface area (Å²) in [6.45, 7) is 10.8. The first kappa shape index (κ1) is 30.2. The van der Waals surface area contributed by atoms with E-state index < -0.39 is 74.9 Å². The van der Waals surface area contributed by atoms with Crippen molar-refractivity contribution in [2.24, 2.45) is 10.8 Å². The van der Waals surface area contributed by atoms with E-state index in [0.717, 1.165) is 16.3 Å². The van der Waals surface area contributed by atoms with Crippen molar-refractivity contribution in [3.8, 4) is 0 Å². The third-order valence-electron chi connectivity index (χ3n) is 5.78. The average Bonchev–Trinajstić information content (AvgIpc) is 3.42. The molecule has 14 heteroatoms. The molecule has 214 valence electrons. The predicted molar refractivity (Wildman–Crippen MR) is 136 cm³/mol. The number of aromatic nitrogens is 2. The lowest BCUT2D eigenvalue weighted by Crippen LogP contribution is -2.44. The summed E-state index contributed by atoms with van der Waals surface area (Å²) in [6, 6.07) is 5.96. The van der Waals surface area contributed by atoms with Crippen LogP contribution in [0.3, 0.4) is 0 Å². The fraction of sp³-hybridized carbons (Fsp3) is 0.560. The molecule has 1 fully saturated rings. The zero-order valence-electron chi connectivity index (χ0n) is 22.8. The maximum Gasteiger partial charge on any atom is 0.436 e. The van der Waals surface area contributed by atoms with E-state index in [2.05, 4.69) is 4.98 Å². The molecule has 1 aliphatic rings. The van der Waals surface area contributed by atoms with E-state index in [9.17, 15) is 28.1 Å². The molecule has 1 aromatic heterocycles. The zero-order valence-corrected chi connectivity index (χ0v) is 23.6. The summed E-state index contributed by atoms with van der Waals surface area (Å²) >= 11 is 0. The predicted octanol–water partition coefficient (Wildman–Crippen LogP) is 3.32. The van der Waals surface area contributed by atoms with Gasteiger partial charge in [0, 0.05) is 0 Å². The highest BCUT2D eigenvalue weighted by molar-refractivity contribution is 7.86. The topological polar surface area (TPSA) is 166 Å². The fourth-order valence-corrected chi connectivity index (χ4v) is 4.43. The standard InChI is InChI=1S/C25H33N3O10S/c1-15-8-10-16(11-9-15)39(33,34)35-14-17-18(37-21(29)24(2,3)4)19(38-22(30)25(5,6)7)20(36-17)27-13-12-26-23(27)28(31)32/h8-13,17-20H,14H2,1-7H3/t17-,18?,19?,20-/m0/s1. The number of carbonyl (C=O) groups excluding carboxylic acids is 2. The van der Waals surface area contributed by atoms with Crippen molar-refractivity contribution in [3.05, 3.63) is 52.3 Å². The number of esters is 2. The van der Waals surface area contributed by atoms with E-state index >= 15 is 0 Å². The minimum atomic E-state index is -4.26. The van der Waals surface area contributed by atoms with Crippen molar-refractivity contribution in [1.82, 2.24) is 9.55 Å². The first-order valence-corrected chi connectivity index (χ1v) is 13.5. The van der Waals surface area contributed by atoms with Gasteiger partial charge in [-0.1, -0.05) is 22.7 Å². The van der Waals surface area contributed by atoms with Gasteiger partial charge in [0.2, 0.25) is 6.23 Å². The summed E-state index contributed by atoms with van der Waals surface area (Å²) in [5, 5.41) is 11.6. The third kappa shape index (κ3) is 6.99. The van der Waals surface area contributed by atoms with Crippen LogP contribution in [0.2, 0.25) is 0 Å². The highest BCUT2D eigenvalue weighted by Crippen LogP contribution is 2.38. The number of ether oxygens (including phenoxy) is 3. The Balaban J connectivity index is 2.02. The Hall–Kier alpha value is -3.36. The van der Waals surface area contributed by atoms with Gasteiger partial charge in [-0.25, -0.2) is 0 Å². The van der Waals surface area contributed by atoms with Crippen LogP contribution in [0.5, 0.6) is 0 Å². The van der Waals surface area contributed by atoms with Crippen LogP contribution in [0.15, 0.2) is 41.6 Å². The summed E-state index contributed by atoms with van der Waals surface area (Å²) < 4.78 is 49.4. The average molecular weight is 568 g/mol. The van der Waals surface area contributed by atoms with Crippen LogP contribution in [0.4, 0.5) is 5.95 Å². The monoisotopic (exact) mass is 567 g/mol. The lowest BCUT2D eigenvalue weighted by Gasteiger charge is -2.28. The summed E-state index contributed by atoms with van der Waals surface area (Å²) in [5.74, 6) is -2.01. The van der Waals surface area contributed by atoms with Gasteiger partial charge in [0.05, 0.1) is 22.3 Å². The molecule has 13 nitrogen and oxygen atoms in total. The highest BCUT2D eigenvalue weighted by Gasteiger charge is 2.54. The highest BCUT2D eigenvalue weighted by atomic mass is 32.2. The van der Waals surface area contributed by atoms with Crippen molar-refractivity contribution in [2.75, 3.05) is 6.61 Å². The Bertz CT molecular complexity index is 1320. The molecule has 0 radical (unpaired) electrons. The Morgan fingerprint density at radius 1 is 1.03 bits per heavy atom. The molecule has 2 unspecified atom stereocenters. The molecule has 1 aromatic carbocycles. The maximum atomic E-state index is 12.9. The normalized spacial score (nSPS) is 21.9. The van der Waals surface area contributed by atoms with Crippen molar-refractivity contribution < 1.29 is 41.3 Å². The second-order valence-electron chi connectivity index (χ2n) is 11.2. The molecule has 2 aromatic rings. The third-order valence-corrected chi connectivity index (χ3v) is 7.08. The van der Waals surface area contributed by atoms with Crippen LogP contribution in [-0.2, 0) is 38.1 Å². The van der Waals surface area contributed by atoms with Gasteiger partial charge in [0.1, 0.15) is 18.5 Å². The molecule has 3 rings (SSSR count). The van der Waals surface area contributed by atoms with Gasteiger partial charge in [0.25, 0.3) is 10.1 Å². The van der Waals surface area contributed by atoms with Crippen LogP contribution < -0.4 is 0 Å². The number of hydrogen-bond acceptors (Lipinski definition) is 11. The van der Waals surface area contributed by atoms with Gasteiger partial charge < -0.3 is 24.3 Å². The number of nitrogens with zero attached hydrogens (tertiary/aromatic N) is 3. The quantitative estimate of drug-likeness (QED) is 0.199. The van der Waals surface area contributed by atoms with Crippen LogP contribution >= 0.6 is 0 Å². The minimum absolute atomic E-state index is 0.105. The van der Waals surface area contributed by atoms with E-state index in [1.54, 1.807) is 60.6 Å². The number of benzene rings is 1. The molecule has 0 spiro atoms. The lowest BCUT2D eigenvalue weighted by atomic mass is 9.96. The van der Waals surface area contributed by atoms with Crippen LogP contribution in [0.1, 0.15) is 53.3 Å². The van der Waals surface area contributed by atoms with Gasteiger partial charge in [-0.2, -0.15) is 13.0 Å². The SMILES string of the molecule is Cc1ccc(S(=O)(=O)OC[C@@H]2O[C@H](n3ccnc3[N+](=O)[O-])C(OC(=O)C(C)(C)C)C2OC(=O)C(C)(C)C)cc1. The smallest absolute Gasteiger partial charge is 0.436 e. The van der Waals surface area contributed by atoms with Crippen LogP contribution in [0, 0.1) is 27.9 Å². The van der Waals surface area contributed by atoms with Gasteiger partial charge in [-0.05, 0) is 65.5 Å². The summed E-state index contributed by atoms with van der Waals surface area (Å²) in [6.07, 6.45) is -3.04.